The molecule has 0 radical (unpaired) electrons. The lowest BCUT2D eigenvalue weighted by Gasteiger charge is -1.70. The molecule has 0 N–H and O–H groups in total. The number of aromatic nitrogens is 1. The summed E-state index contributed by atoms with van der Waals surface area (Å²) in [5.41, 5.74) is 0. The Labute approximate surface area is 38.1 Å². The molecule has 0 amide bonds. The van der Waals surface area contributed by atoms with Gasteiger partial charge in [-0.1, -0.05) is 6.07 Å². The van der Waals surface area contributed by atoms with Crippen molar-refractivity contribution in [2.24, 2.45) is 0 Å². The molecule has 1 aromatic rings. The first-order valence-electron chi connectivity index (χ1n) is 2.27. The van der Waals surface area contributed by atoms with Gasteiger partial charge < -0.3 is 0 Å². The highest BCUT2D eigenvalue weighted by Gasteiger charge is 1.58. The summed E-state index contributed by atoms with van der Waals surface area (Å²) in [5.74, 6) is 0. The highest BCUT2D eigenvalue weighted by Crippen LogP contribution is 1.73. The molecule has 0 atom stereocenters. The van der Waals surface area contributed by atoms with Crippen molar-refractivity contribution < 1.29 is 1.37 Å². The van der Waals surface area contributed by atoms with Crippen molar-refractivity contribution in [3.05, 3.63) is 30.6 Å². The summed E-state index contributed by atoms with van der Waals surface area (Å²) in [7, 11) is 0. The summed E-state index contributed by atoms with van der Waals surface area (Å²) in [6, 6.07) is 5.22. The normalized spacial score (nSPS) is 10.3. The number of hydrogen-bond acceptors (Lipinski definition) is 1. The molecule has 1 nitrogen and oxygen atoms in total. The molecule has 0 aliphatic carbocycles. The zero-order chi connectivity index (χ0) is 5.11. The lowest BCUT2D eigenvalue weighted by Crippen LogP contribution is -1.58. The van der Waals surface area contributed by atoms with Gasteiger partial charge in [-0.15, -0.1) is 0 Å². The Morgan fingerprint density at radius 1 is 1.33 bits per heavy atom. The number of pyridine rings is 1. The molecule has 0 saturated heterocycles. The van der Waals surface area contributed by atoms with Crippen molar-refractivity contribution >= 4 is 0 Å². The molecule has 0 spiro atoms. The van der Waals surface area contributed by atoms with Crippen molar-refractivity contribution in [2.75, 3.05) is 0 Å². The van der Waals surface area contributed by atoms with E-state index >= 15 is 0 Å². The zero-order valence-electron chi connectivity index (χ0n) is 4.26. The monoisotopic (exact) mass is 80.0 g/mol. The van der Waals surface area contributed by atoms with Crippen LogP contribution in [0.25, 0.3) is 0 Å². The minimum atomic E-state index is 0.322. The minimum absolute atomic E-state index is 0.322. The molecule has 30 valence electrons. The van der Waals surface area contributed by atoms with Crippen LogP contribution >= 0.6 is 0 Å². The fraction of sp³-hybridized carbons (Fsp3) is 0. The van der Waals surface area contributed by atoms with Gasteiger partial charge in [0.25, 0.3) is 0 Å². The van der Waals surface area contributed by atoms with Gasteiger partial charge in [-0.3, -0.25) is 4.98 Å². The van der Waals surface area contributed by atoms with Crippen LogP contribution in [0.5, 0.6) is 0 Å². The highest BCUT2D eigenvalue weighted by molar-refractivity contribution is 4.88. The smallest absolute Gasteiger partial charge is 0.0840 e. The predicted molar refractivity (Wildman–Crippen MR) is 24.2 cm³/mol. The first-order valence-corrected chi connectivity index (χ1v) is 1.77. The third-order valence-corrected chi connectivity index (χ3v) is 0.517. The van der Waals surface area contributed by atoms with Crippen LogP contribution in [-0.2, 0) is 0 Å². The fourth-order valence-electron chi connectivity index (χ4n) is 0.277. The van der Waals surface area contributed by atoms with Crippen LogP contribution in [0, 0.1) is 0 Å². The molecule has 0 fully saturated rings. The maximum Gasteiger partial charge on any atom is 0.0840 e. The van der Waals surface area contributed by atoms with Gasteiger partial charge >= 0.3 is 0 Å². The number of nitrogens with zero attached hydrogens (tertiary/aromatic N) is 1. The van der Waals surface area contributed by atoms with E-state index in [9.17, 15) is 0 Å². The average molecular weight is 80.1 g/mol. The Bertz CT molecular complexity index is 138. The van der Waals surface area contributed by atoms with Crippen molar-refractivity contribution in [2.45, 2.75) is 0 Å². The van der Waals surface area contributed by atoms with Crippen LogP contribution in [0.2, 0.25) is 0 Å². The molecule has 0 aliphatic heterocycles. The Hall–Kier alpha value is -0.850. The Balaban J connectivity index is 3.02. The molecule has 0 saturated carbocycles. The summed E-state index contributed by atoms with van der Waals surface area (Å²) in [6.07, 6.45) is 1.92. The number of hydrogen-bond donors (Lipinski definition) is 0. The van der Waals surface area contributed by atoms with Gasteiger partial charge in [0.2, 0.25) is 0 Å². The van der Waals surface area contributed by atoms with Crippen LogP contribution in [-0.4, -0.2) is 4.98 Å². The third-order valence-electron chi connectivity index (χ3n) is 0.517. The van der Waals surface area contributed by atoms with Gasteiger partial charge in [-0.2, -0.15) is 0 Å². The van der Waals surface area contributed by atoms with Gasteiger partial charge in [0.15, 0.2) is 0 Å². The molecule has 0 aromatic carbocycles. The molecule has 1 heterocycles. The lowest BCUT2D eigenvalue weighted by molar-refractivity contribution is 1.33. The Morgan fingerprint density at radius 2 is 2.33 bits per heavy atom. The summed E-state index contributed by atoms with van der Waals surface area (Å²) in [4.78, 5) is 3.65. The predicted octanol–water partition coefficient (Wildman–Crippen LogP) is 1.08. The summed E-state index contributed by atoms with van der Waals surface area (Å²) >= 11 is 0. The Morgan fingerprint density at radius 3 is 2.67 bits per heavy atom. The second-order valence-electron chi connectivity index (χ2n) is 0.959. The van der Waals surface area contributed by atoms with Gasteiger partial charge in [0.05, 0.1) is 1.37 Å². The van der Waals surface area contributed by atoms with E-state index in [4.69, 9.17) is 1.37 Å². The molecular formula is C5H5N. The second kappa shape index (κ2) is 1.55. The zero-order valence-corrected chi connectivity index (χ0v) is 3.26. The van der Waals surface area contributed by atoms with E-state index in [0.717, 1.165) is 0 Å². The minimum Gasteiger partial charge on any atom is -0.265 e. The van der Waals surface area contributed by atoms with Crippen molar-refractivity contribution in [3.8, 4) is 0 Å². The van der Waals surface area contributed by atoms with Gasteiger partial charge in [0, 0.05) is 12.4 Å². The summed E-state index contributed by atoms with van der Waals surface area (Å²) < 4.78 is 6.88. The van der Waals surface area contributed by atoms with E-state index in [2.05, 4.69) is 4.98 Å². The molecule has 0 unspecified atom stereocenters. The van der Waals surface area contributed by atoms with Crippen molar-refractivity contribution in [1.29, 1.82) is 0 Å². The lowest BCUT2D eigenvalue weighted by atomic mass is 10.5. The van der Waals surface area contributed by atoms with Crippen LogP contribution < -0.4 is 0 Å². The van der Waals surface area contributed by atoms with E-state index in [1.807, 2.05) is 0 Å². The fourth-order valence-corrected chi connectivity index (χ4v) is 0.277. The van der Waals surface area contributed by atoms with Gasteiger partial charge in [0.1, 0.15) is 0 Å². The van der Waals surface area contributed by atoms with E-state index < -0.39 is 0 Å². The first kappa shape index (κ1) is 2.35. The number of rotatable bonds is 0. The molecule has 0 aliphatic rings. The van der Waals surface area contributed by atoms with Crippen LogP contribution in [0.15, 0.2) is 30.6 Å². The average Bonchev–Trinajstić information content (AvgIpc) is 1.69. The molecule has 0 bridgehead atoms. The Kier molecular flexibility index (Phi) is 0.607. The van der Waals surface area contributed by atoms with Crippen molar-refractivity contribution in [3.63, 3.8) is 0 Å². The first-order chi connectivity index (χ1) is 3.39. The molecular weight excluding hydrogens is 74.1 g/mol. The second-order valence-corrected chi connectivity index (χ2v) is 0.959. The van der Waals surface area contributed by atoms with E-state index in [-0.39, 0.29) is 0 Å². The van der Waals surface area contributed by atoms with Gasteiger partial charge in [-0.25, -0.2) is 0 Å². The quantitative estimate of drug-likeness (QED) is 0.454. The molecule has 1 aromatic heterocycles. The largest absolute Gasteiger partial charge is 0.265 e. The SMILES string of the molecule is [2H]c1ccccn1. The van der Waals surface area contributed by atoms with E-state index in [0.29, 0.717) is 6.17 Å². The maximum absolute atomic E-state index is 6.88. The highest BCUT2D eigenvalue weighted by atomic mass is 14.6. The molecule has 1 rings (SSSR count). The maximum atomic E-state index is 6.88. The third kappa shape index (κ3) is 0.549. The standard InChI is InChI=1S/C5H5N/c1-2-4-6-5-3-1/h1-5H/i4D. The van der Waals surface area contributed by atoms with Crippen LogP contribution in [0.3, 0.4) is 0 Å². The van der Waals surface area contributed by atoms with Gasteiger partial charge in [-0.05, 0) is 12.1 Å². The van der Waals surface area contributed by atoms with Crippen LogP contribution in [0.4, 0.5) is 0 Å². The van der Waals surface area contributed by atoms with E-state index in [1.165, 1.54) is 0 Å². The molecule has 6 heavy (non-hydrogen) atoms. The van der Waals surface area contributed by atoms with E-state index in [1.54, 1.807) is 24.4 Å². The topological polar surface area (TPSA) is 12.9 Å². The van der Waals surface area contributed by atoms with Crippen molar-refractivity contribution in [1.82, 2.24) is 4.98 Å². The van der Waals surface area contributed by atoms with Crippen LogP contribution in [0.1, 0.15) is 1.37 Å². The summed E-state index contributed by atoms with van der Waals surface area (Å²) in [5, 5.41) is 0. The summed E-state index contributed by atoms with van der Waals surface area (Å²) in [6.45, 7) is 0. The molecule has 1 heteroatoms.